The SMILES string of the molecule is O=C(Cn1cccnc1=O)c1ccc2c(c1)OCO2. The summed E-state index contributed by atoms with van der Waals surface area (Å²) in [6.45, 7) is 0.112. The van der Waals surface area contributed by atoms with Gasteiger partial charge in [0.05, 0.1) is 6.54 Å². The fourth-order valence-electron chi connectivity index (χ4n) is 1.82. The van der Waals surface area contributed by atoms with Crippen LogP contribution in [0.1, 0.15) is 10.4 Å². The third-order valence-corrected chi connectivity index (χ3v) is 2.79. The Labute approximate surface area is 108 Å². The predicted octanol–water partition coefficient (Wildman–Crippen LogP) is 0.855. The van der Waals surface area contributed by atoms with E-state index in [-0.39, 0.29) is 19.1 Å². The molecule has 6 nitrogen and oxygen atoms in total. The van der Waals surface area contributed by atoms with Gasteiger partial charge in [-0.05, 0) is 24.3 Å². The number of benzene rings is 1. The van der Waals surface area contributed by atoms with Crippen molar-refractivity contribution in [2.75, 3.05) is 6.79 Å². The molecule has 6 heteroatoms. The zero-order valence-electron chi connectivity index (χ0n) is 9.91. The van der Waals surface area contributed by atoms with E-state index >= 15 is 0 Å². The maximum atomic E-state index is 12.1. The van der Waals surface area contributed by atoms with Gasteiger partial charge in [-0.25, -0.2) is 9.78 Å². The van der Waals surface area contributed by atoms with E-state index in [2.05, 4.69) is 4.98 Å². The molecule has 1 aromatic heterocycles. The van der Waals surface area contributed by atoms with E-state index in [4.69, 9.17) is 9.47 Å². The molecule has 1 aliphatic rings. The van der Waals surface area contributed by atoms with Crippen LogP contribution in [0.2, 0.25) is 0 Å². The Kier molecular flexibility index (Phi) is 2.75. The van der Waals surface area contributed by atoms with Crippen molar-refractivity contribution in [3.63, 3.8) is 0 Å². The van der Waals surface area contributed by atoms with Crippen LogP contribution in [0.15, 0.2) is 41.5 Å². The first kappa shape index (κ1) is 11.5. The minimum Gasteiger partial charge on any atom is -0.454 e. The van der Waals surface area contributed by atoms with Crippen molar-refractivity contribution >= 4 is 5.78 Å². The summed E-state index contributed by atoms with van der Waals surface area (Å²) in [7, 11) is 0. The van der Waals surface area contributed by atoms with Gasteiger partial charge in [0.25, 0.3) is 0 Å². The molecule has 0 fully saturated rings. The van der Waals surface area contributed by atoms with E-state index in [9.17, 15) is 9.59 Å². The number of aromatic nitrogens is 2. The Hall–Kier alpha value is -2.63. The highest BCUT2D eigenvalue weighted by molar-refractivity contribution is 5.96. The molecule has 0 saturated heterocycles. The molecule has 3 rings (SSSR count). The fraction of sp³-hybridized carbons (Fsp3) is 0.154. The van der Waals surface area contributed by atoms with Gasteiger partial charge in [-0.1, -0.05) is 0 Å². The molecule has 0 amide bonds. The van der Waals surface area contributed by atoms with Crippen molar-refractivity contribution in [3.8, 4) is 11.5 Å². The number of Topliss-reactive ketones (excluding diaryl/α,β-unsaturated/α-hetero) is 1. The minimum absolute atomic E-state index is 0.0493. The van der Waals surface area contributed by atoms with Gasteiger partial charge in [0, 0.05) is 18.0 Å². The van der Waals surface area contributed by atoms with Crippen LogP contribution in [-0.4, -0.2) is 22.1 Å². The first-order chi connectivity index (χ1) is 9.24. The van der Waals surface area contributed by atoms with Gasteiger partial charge in [0.2, 0.25) is 6.79 Å². The van der Waals surface area contributed by atoms with Gasteiger partial charge in [0.15, 0.2) is 17.3 Å². The number of rotatable bonds is 3. The maximum absolute atomic E-state index is 12.1. The molecule has 0 unspecified atom stereocenters. The van der Waals surface area contributed by atoms with E-state index in [1.165, 1.54) is 17.0 Å². The molecular formula is C13H10N2O4. The van der Waals surface area contributed by atoms with Crippen molar-refractivity contribution in [1.82, 2.24) is 9.55 Å². The highest BCUT2D eigenvalue weighted by Crippen LogP contribution is 2.32. The van der Waals surface area contributed by atoms with E-state index in [0.717, 1.165) is 0 Å². The van der Waals surface area contributed by atoms with E-state index in [1.807, 2.05) is 0 Å². The highest BCUT2D eigenvalue weighted by atomic mass is 16.7. The summed E-state index contributed by atoms with van der Waals surface area (Å²) in [6.07, 6.45) is 2.92. The van der Waals surface area contributed by atoms with Crippen LogP contribution in [0.3, 0.4) is 0 Å². The van der Waals surface area contributed by atoms with Crippen molar-refractivity contribution in [2.45, 2.75) is 6.54 Å². The molecule has 0 atom stereocenters. The van der Waals surface area contributed by atoms with Gasteiger partial charge < -0.3 is 9.47 Å². The van der Waals surface area contributed by atoms with Crippen LogP contribution in [0.5, 0.6) is 11.5 Å². The summed E-state index contributed by atoms with van der Waals surface area (Å²) >= 11 is 0. The lowest BCUT2D eigenvalue weighted by Crippen LogP contribution is -2.25. The highest BCUT2D eigenvalue weighted by Gasteiger charge is 2.16. The lowest BCUT2D eigenvalue weighted by atomic mass is 10.1. The standard InChI is InChI=1S/C13H10N2O4/c16-10(7-15-5-1-4-14-13(15)17)9-2-3-11-12(6-9)19-8-18-11/h1-6H,7-8H2. The van der Waals surface area contributed by atoms with Gasteiger partial charge in [-0.3, -0.25) is 9.36 Å². The van der Waals surface area contributed by atoms with E-state index in [1.54, 1.807) is 24.3 Å². The molecule has 0 N–H and O–H groups in total. The molecule has 0 spiro atoms. The third-order valence-electron chi connectivity index (χ3n) is 2.79. The molecule has 2 heterocycles. The zero-order valence-corrected chi connectivity index (χ0v) is 9.91. The smallest absolute Gasteiger partial charge is 0.347 e. The molecule has 2 aromatic rings. The maximum Gasteiger partial charge on any atom is 0.347 e. The normalized spacial score (nSPS) is 12.4. The number of carbonyl (C=O) groups excluding carboxylic acids is 1. The molecule has 1 aromatic carbocycles. The average molecular weight is 258 g/mol. The molecule has 1 aliphatic heterocycles. The first-order valence-corrected chi connectivity index (χ1v) is 5.68. The number of fused-ring (bicyclic) bond motifs is 1. The summed E-state index contributed by atoms with van der Waals surface area (Å²) in [5.74, 6) is 0.980. The topological polar surface area (TPSA) is 70.4 Å². The van der Waals surface area contributed by atoms with Crippen molar-refractivity contribution < 1.29 is 14.3 Å². The monoisotopic (exact) mass is 258 g/mol. The van der Waals surface area contributed by atoms with Gasteiger partial charge in [-0.15, -0.1) is 0 Å². The minimum atomic E-state index is -0.448. The van der Waals surface area contributed by atoms with Gasteiger partial charge in [0.1, 0.15) is 0 Å². The summed E-state index contributed by atoms with van der Waals surface area (Å²) < 4.78 is 11.6. The van der Waals surface area contributed by atoms with Crippen LogP contribution in [0, 0.1) is 0 Å². The lowest BCUT2D eigenvalue weighted by Gasteiger charge is -2.04. The Bertz CT molecular complexity index is 693. The number of ether oxygens (including phenoxy) is 2. The number of hydrogen-bond acceptors (Lipinski definition) is 5. The van der Waals surface area contributed by atoms with E-state index < -0.39 is 5.69 Å². The van der Waals surface area contributed by atoms with Crippen LogP contribution in [0.4, 0.5) is 0 Å². The second-order valence-electron chi connectivity index (χ2n) is 4.02. The Balaban J connectivity index is 1.85. The van der Waals surface area contributed by atoms with Crippen LogP contribution >= 0.6 is 0 Å². The Morgan fingerprint density at radius 2 is 2.16 bits per heavy atom. The first-order valence-electron chi connectivity index (χ1n) is 5.68. The fourth-order valence-corrected chi connectivity index (χ4v) is 1.82. The summed E-state index contributed by atoms with van der Waals surface area (Å²) in [5, 5.41) is 0. The average Bonchev–Trinajstić information content (AvgIpc) is 2.88. The molecule has 0 bridgehead atoms. The van der Waals surface area contributed by atoms with Crippen LogP contribution < -0.4 is 15.2 Å². The number of ketones is 1. The molecule has 0 aliphatic carbocycles. The van der Waals surface area contributed by atoms with Crippen molar-refractivity contribution in [1.29, 1.82) is 0 Å². The number of hydrogen-bond donors (Lipinski definition) is 0. The number of nitrogens with zero attached hydrogens (tertiary/aromatic N) is 2. The molecule has 0 saturated carbocycles. The molecule has 19 heavy (non-hydrogen) atoms. The summed E-state index contributed by atoms with van der Waals surface area (Å²) in [6, 6.07) is 6.55. The van der Waals surface area contributed by atoms with Crippen LogP contribution in [0.25, 0.3) is 0 Å². The van der Waals surface area contributed by atoms with Crippen LogP contribution in [-0.2, 0) is 6.54 Å². The van der Waals surface area contributed by atoms with Gasteiger partial charge >= 0.3 is 5.69 Å². The summed E-state index contributed by atoms with van der Waals surface area (Å²) in [5.41, 5.74) is 0.0246. The molecule has 96 valence electrons. The molecule has 0 radical (unpaired) electrons. The third kappa shape index (κ3) is 2.20. The zero-order chi connectivity index (χ0) is 13.2. The van der Waals surface area contributed by atoms with Gasteiger partial charge in [-0.2, -0.15) is 0 Å². The second kappa shape index (κ2) is 4.56. The Morgan fingerprint density at radius 1 is 1.32 bits per heavy atom. The van der Waals surface area contributed by atoms with Crippen molar-refractivity contribution in [3.05, 3.63) is 52.7 Å². The van der Waals surface area contributed by atoms with Crippen molar-refractivity contribution in [2.24, 2.45) is 0 Å². The quantitative estimate of drug-likeness (QED) is 0.763. The second-order valence-corrected chi connectivity index (χ2v) is 4.02. The number of carbonyl (C=O) groups is 1. The van der Waals surface area contributed by atoms with E-state index in [0.29, 0.717) is 17.1 Å². The summed E-state index contributed by atoms with van der Waals surface area (Å²) in [4.78, 5) is 27.1. The largest absolute Gasteiger partial charge is 0.454 e. The molecular weight excluding hydrogens is 248 g/mol. The Morgan fingerprint density at radius 3 is 3.00 bits per heavy atom. The predicted molar refractivity (Wildman–Crippen MR) is 65.4 cm³/mol. The lowest BCUT2D eigenvalue weighted by molar-refractivity contribution is 0.0970.